The third-order valence-electron chi connectivity index (χ3n) is 3.19. The van der Waals surface area contributed by atoms with E-state index >= 15 is 0 Å². The van der Waals surface area contributed by atoms with Crippen LogP contribution in [0.25, 0.3) is 0 Å². The van der Waals surface area contributed by atoms with Crippen LogP contribution in [0.5, 0.6) is 0 Å². The third-order valence-corrected chi connectivity index (χ3v) is 3.97. The fourth-order valence-electron chi connectivity index (χ4n) is 2.06. The van der Waals surface area contributed by atoms with Crippen LogP contribution >= 0.6 is 0 Å². The monoisotopic (exact) mass is 302 g/mol. The number of carbonyl (C=O) groups excluding carboxylic acids is 1. The fraction of sp³-hybridized carbons (Fsp3) is 0.667. The third kappa shape index (κ3) is 4.04. The molecule has 0 unspecified atom stereocenters. The van der Waals surface area contributed by atoms with E-state index in [0.29, 0.717) is 6.54 Å². The Hall–Kier alpha value is -1.41. The van der Waals surface area contributed by atoms with Crippen molar-refractivity contribution in [2.24, 2.45) is 7.05 Å². The molecule has 20 heavy (non-hydrogen) atoms. The molecule has 0 fully saturated rings. The van der Waals surface area contributed by atoms with Gasteiger partial charge in [0.15, 0.2) is 0 Å². The van der Waals surface area contributed by atoms with Crippen molar-refractivity contribution in [3.8, 4) is 0 Å². The van der Waals surface area contributed by atoms with Crippen LogP contribution in [-0.4, -0.2) is 48.4 Å². The predicted molar refractivity (Wildman–Crippen MR) is 76.6 cm³/mol. The maximum atomic E-state index is 12.1. The van der Waals surface area contributed by atoms with E-state index in [4.69, 9.17) is 0 Å². The van der Waals surface area contributed by atoms with Gasteiger partial charge in [-0.25, -0.2) is 13.1 Å². The Morgan fingerprint density at radius 2 is 2.00 bits per heavy atom. The molecule has 1 atom stereocenters. The highest BCUT2D eigenvalue weighted by Gasteiger charge is 2.22. The average Bonchev–Trinajstić information content (AvgIpc) is 2.52. The van der Waals surface area contributed by atoms with Crippen LogP contribution in [-0.2, 0) is 28.4 Å². The molecule has 1 heterocycles. The second-order valence-corrected chi connectivity index (χ2v) is 6.86. The summed E-state index contributed by atoms with van der Waals surface area (Å²) in [5, 5.41) is 4.29. The maximum absolute atomic E-state index is 12.1. The van der Waals surface area contributed by atoms with Gasteiger partial charge >= 0.3 is 0 Å². The lowest BCUT2D eigenvalue weighted by atomic mass is 10.2. The predicted octanol–water partition coefficient (Wildman–Crippen LogP) is -0.0670. The lowest BCUT2D eigenvalue weighted by molar-refractivity contribution is -0.131. The number of hydrogen-bond acceptors (Lipinski definition) is 4. The van der Waals surface area contributed by atoms with Crippen molar-refractivity contribution in [2.75, 3.05) is 13.3 Å². The van der Waals surface area contributed by atoms with E-state index in [1.54, 1.807) is 11.7 Å². The molecule has 1 N–H and O–H groups in total. The van der Waals surface area contributed by atoms with Gasteiger partial charge in [0.1, 0.15) is 0 Å². The number of likely N-dealkylation sites (N-methyl/N-ethyl adjacent to an activating group) is 1. The highest BCUT2D eigenvalue weighted by atomic mass is 32.2. The van der Waals surface area contributed by atoms with Crippen LogP contribution < -0.4 is 4.72 Å². The van der Waals surface area contributed by atoms with E-state index in [-0.39, 0.29) is 5.91 Å². The molecule has 8 heteroatoms. The van der Waals surface area contributed by atoms with E-state index < -0.39 is 16.1 Å². The molecule has 0 aromatic carbocycles. The molecule has 1 aromatic rings. The maximum Gasteiger partial charge on any atom is 0.240 e. The van der Waals surface area contributed by atoms with Crippen molar-refractivity contribution < 1.29 is 13.2 Å². The Labute approximate surface area is 120 Å². The van der Waals surface area contributed by atoms with Gasteiger partial charge in [0.05, 0.1) is 18.0 Å². The van der Waals surface area contributed by atoms with Crippen LogP contribution in [0.1, 0.15) is 23.9 Å². The number of aromatic nitrogens is 2. The lowest BCUT2D eigenvalue weighted by Crippen LogP contribution is -2.44. The number of rotatable bonds is 5. The Kier molecular flexibility index (Phi) is 4.93. The summed E-state index contributed by atoms with van der Waals surface area (Å²) >= 11 is 0. The molecular weight excluding hydrogens is 280 g/mol. The van der Waals surface area contributed by atoms with Crippen LogP contribution in [0.15, 0.2) is 0 Å². The molecule has 0 saturated heterocycles. The number of nitrogens with zero attached hydrogens (tertiary/aromatic N) is 3. The minimum Gasteiger partial charge on any atom is -0.340 e. The number of hydrogen-bond donors (Lipinski definition) is 1. The molecule has 0 aliphatic rings. The summed E-state index contributed by atoms with van der Waals surface area (Å²) in [5.74, 6) is -0.280. The van der Waals surface area contributed by atoms with Crippen molar-refractivity contribution in [1.82, 2.24) is 19.4 Å². The quantitative estimate of drug-likeness (QED) is 0.825. The van der Waals surface area contributed by atoms with Gasteiger partial charge in [0.2, 0.25) is 15.9 Å². The summed E-state index contributed by atoms with van der Waals surface area (Å²) in [6.07, 6.45) is 1.03. The van der Waals surface area contributed by atoms with Crippen LogP contribution in [0.4, 0.5) is 0 Å². The SMILES string of the molecule is Cc1nn(C)c(C)c1CN(C)C(=O)[C@H](C)NS(C)(=O)=O. The standard InChI is InChI=1S/C12H22N4O3S/c1-8-11(10(3)16(5)13-8)7-15(4)12(17)9(2)14-20(6,18)19/h9,14H,7H2,1-6H3/t9-/m0/s1. The van der Waals surface area contributed by atoms with Crippen LogP contribution in [0.3, 0.4) is 0 Å². The highest BCUT2D eigenvalue weighted by molar-refractivity contribution is 7.88. The van der Waals surface area contributed by atoms with Crippen molar-refractivity contribution in [1.29, 1.82) is 0 Å². The smallest absolute Gasteiger partial charge is 0.240 e. The van der Waals surface area contributed by atoms with Crippen molar-refractivity contribution in [3.05, 3.63) is 17.0 Å². The fourth-order valence-corrected chi connectivity index (χ4v) is 2.81. The summed E-state index contributed by atoms with van der Waals surface area (Å²) in [4.78, 5) is 13.6. The van der Waals surface area contributed by atoms with E-state index in [1.165, 1.54) is 11.8 Å². The van der Waals surface area contributed by atoms with Crippen molar-refractivity contribution >= 4 is 15.9 Å². The zero-order valence-electron chi connectivity index (χ0n) is 12.8. The highest BCUT2D eigenvalue weighted by Crippen LogP contribution is 2.14. The van der Waals surface area contributed by atoms with Crippen molar-refractivity contribution in [3.63, 3.8) is 0 Å². The molecule has 0 aliphatic carbocycles. The number of amides is 1. The van der Waals surface area contributed by atoms with E-state index in [9.17, 15) is 13.2 Å². The first-order valence-electron chi connectivity index (χ1n) is 6.24. The molecule has 1 rings (SSSR count). The summed E-state index contributed by atoms with van der Waals surface area (Å²) in [6.45, 7) is 5.76. The first-order valence-corrected chi connectivity index (χ1v) is 8.13. The molecule has 0 bridgehead atoms. The Morgan fingerprint density at radius 1 is 1.45 bits per heavy atom. The minimum atomic E-state index is -3.40. The molecule has 0 aliphatic heterocycles. The van der Waals surface area contributed by atoms with Gasteiger partial charge in [-0.05, 0) is 20.8 Å². The van der Waals surface area contributed by atoms with Gasteiger partial charge in [-0.3, -0.25) is 9.48 Å². The minimum absolute atomic E-state index is 0.280. The Morgan fingerprint density at radius 3 is 2.40 bits per heavy atom. The zero-order chi connectivity index (χ0) is 15.7. The molecule has 1 aromatic heterocycles. The van der Waals surface area contributed by atoms with Gasteiger partial charge in [0.25, 0.3) is 0 Å². The lowest BCUT2D eigenvalue weighted by Gasteiger charge is -2.21. The Bertz CT molecular complexity index is 606. The second kappa shape index (κ2) is 5.92. The van der Waals surface area contributed by atoms with Crippen molar-refractivity contribution in [2.45, 2.75) is 33.4 Å². The normalized spacial score (nSPS) is 13.3. The van der Waals surface area contributed by atoms with Gasteiger partial charge in [0, 0.05) is 31.9 Å². The summed E-state index contributed by atoms with van der Waals surface area (Å²) in [7, 11) is 0.0953. The van der Waals surface area contributed by atoms with Crippen LogP contribution in [0, 0.1) is 13.8 Å². The average molecular weight is 302 g/mol. The van der Waals surface area contributed by atoms with Gasteiger partial charge in [-0.15, -0.1) is 0 Å². The van der Waals surface area contributed by atoms with E-state index in [1.807, 2.05) is 20.9 Å². The molecular formula is C12H22N4O3S. The number of nitrogens with one attached hydrogen (secondary N) is 1. The Balaban J connectivity index is 2.80. The molecule has 7 nitrogen and oxygen atoms in total. The molecule has 0 radical (unpaired) electrons. The summed E-state index contributed by atoms with van der Waals surface area (Å²) in [5.41, 5.74) is 2.84. The molecule has 0 spiro atoms. The largest absolute Gasteiger partial charge is 0.340 e. The van der Waals surface area contributed by atoms with E-state index in [2.05, 4.69) is 9.82 Å². The second-order valence-electron chi connectivity index (χ2n) is 5.08. The number of aryl methyl sites for hydroxylation is 2. The summed E-state index contributed by atoms with van der Waals surface area (Å²) < 4.78 is 26.3. The van der Waals surface area contributed by atoms with Gasteiger partial charge in [-0.1, -0.05) is 0 Å². The topological polar surface area (TPSA) is 84.3 Å². The summed E-state index contributed by atoms with van der Waals surface area (Å²) in [6, 6.07) is -0.785. The first-order chi connectivity index (χ1) is 9.03. The molecule has 114 valence electrons. The molecule has 1 amide bonds. The van der Waals surface area contributed by atoms with Crippen LogP contribution in [0.2, 0.25) is 0 Å². The van der Waals surface area contributed by atoms with Gasteiger partial charge < -0.3 is 4.90 Å². The number of carbonyl (C=O) groups is 1. The van der Waals surface area contributed by atoms with Gasteiger partial charge in [-0.2, -0.15) is 5.10 Å². The first kappa shape index (κ1) is 16.6. The van der Waals surface area contributed by atoms with E-state index in [0.717, 1.165) is 23.2 Å². The number of sulfonamides is 1. The molecule has 0 saturated carbocycles. The zero-order valence-corrected chi connectivity index (χ0v) is 13.6.